The van der Waals surface area contributed by atoms with E-state index in [1.807, 2.05) is 35.3 Å². The van der Waals surface area contributed by atoms with Gasteiger partial charge in [-0.05, 0) is 43.8 Å². The number of nitrogens with zero attached hydrogens (tertiary/aromatic N) is 3. The number of rotatable bonds is 6. The van der Waals surface area contributed by atoms with Gasteiger partial charge < -0.3 is 5.32 Å². The van der Waals surface area contributed by atoms with Crippen LogP contribution in [0.1, 0.15) is 30.7 Å². The van der Waals surface area contributed by atoms with Crippen molar-refractivity contribution in [2.45, 2.75) is 38.4 Å². The Labute approximate surface area is 134 Å². The maximum atomic E-state index is 12.3. The third kappa shape index (κ3) is 3.75. The molecule has 0 radical (unpaired) electrons. The first-order valence-corrected chi connectivity index (χ1v) is 8.64. The van der Waals surface area contributed by atoms with Gasteiger partial charge in [0.15, 0.2) is 0 Å². The summed E-state index contributed by atoms with van der Waals surface area (Å²) in [5.74, 6) is 0.105. The van der Waals surface area contributed by atoms with E-state index in [9.17, 15) is 4.79 Å². The number of thiophene rings is 1. The first-order chi connectivity index (χ1) is 10.7. The number of likely N-dealkylation sites (tertiary alicyclic amines) is 1. The van der Waals surface area contributed by atoms with Gasteiger partial charge in [0.1, 0.15) is 0 Å². The fourth-order valence-electron chi connectivity index (χ4n) is 3.01. The molecule has 22 heavy (non-hydrogen) atoms. The molecule has 2 atom stereocenters. The normalized spacial score (nSPS) is 20.1. The predicted molar refractivity (Wildman–Crippen MR) is 87.7 cm³/mol. The van der Waals surface area contributed by atoms with Crippen molar-refractivity contribution in [3.05, 3.63) is 40.8 Å². The molecule has 1 aliphatic heterocycles. The van der Waals surface area contributed by atoms with E-state index < -0.39 is 0 Å². The lowest BCUT2D eigenvalue weighted by atomic mass is 10.2. The Morgan fingerprint density at radius 3 is 3.18 bits per heavy atom. The number of carbonyl (C=O) groups excluding carboxylic acids is 1. The number of nitrogens with one attached hydrogen (secondary N) is 1. The fourth-order valence-corrected chi connectivity index (χ4v) is 3.75. The lowest BCUT2D eigenvalue weighted by molar-refractivity contribution is -0.123. The van der Waals surface area contributed by atoms with E-state index >= 15 is 0 Å². The van der Waals surface area contributed by atoms with Crippen molar-refractivity contribution >= 4 is 17.2 Å². The molecule has 0 aromatic carbocycles. The quantitative estimate of drug-likeness (QED) is 0.889. The first kappa shape index (κ1) is 15.2. The van der Waals surface area contributed by atoms with Gasteiger partial charge in [0.05, 0.1) is 19.1 Å². The Kier molecular flexibility index (Phi) is 4.90. The van der Waals surface area contributed by atoms with Gasteiger partial charge in [-0.1, -0.05) is 6.07 Å². The molecule has 1 saturated heterocycles. The molecule has 118 valence electrons. The Balaban J connectivity index is 1.51. The van der Waals surface area contributed by atoms with Crippen LogP contribution in [0, 0.1) is 0 Å². The molecule has 2 aromatic rings. The topological polar surface area (TPSA) is 50.2 Å². The van der Waals surface area contributed by atoms with Crippen molar-refractivity contribution in [3.63, 3.8) is 0 Å². The maximum absolute atomic E-state index is 12.3. The third-order valence-corrected chi connectivity index (χ3v) is 5.21. The van der Waals surface area contributed by atoms with E-state index in [1.165, 1.54) is 4.88 Å². The van der Waals surface area contributed by atoms with E-state index in [0.29, 0.717) is 12.6 Å². The molecule has 2 unspecified atom stereocenters. The average molecular weight is 318 g/mol. The molecular weight excluding hydrogens is 296 g/mol. The zero-order valence-corrected chi connectivity index (χ0v) is 13.6. The highest BCUT2D eigenvalue weighted by Crippen LogP contribution is 2.20. The minimum Gasteiger partial charge on any atom is -0.348 e. The van der Waals surface area contributed by atoms with Gasteiger partial charge in [0.2, 0.25) is 5.91 Å². The van der Waals surface area contributed by atoms with E-state index in [2.05, 4.69) is 21.4 Å². The van der Waals surface area contributed by atoms with Crippen LogP contribution in [-0.2, 0) is 11.3 Å². The summed E-state index contributed by atoms with van der Waals surface area (Å²) in [5, 5.41) is 9.40. The number of hydrogen-bond donors (Lipinski definition) is 1. The molecule has 1 amide bonds. The van der Waals surface area contributed by atoms with E-state index in [1.54, 1.807) is 17.5 Å². The van der Waals surface area contributed by atoms with Crippen LogP contribution < -0.4 is 5.32 Å². The largest absolute Gasteiger partial charge is 0.348 e. The fraction of sp³-hybridized carbons (Fsp3) is 0.500. The minimum absolute atomic E-state index is 0.0830. The lowest BCUT2D eigenvalue weighted by Gasteiger charge is -2.24. The lowest BCUT2D eigenvalue weighted by Crippen LogP contribution is -2.41. The molecule has 6 heteroatoms. The number of amides is 1. The summed E-state index contributed by atoms with van der Waals surface area (Å²) >= 11 is 1.68. The van der Waals surface area contributed by atoms with E-state index in [0.717, 1.165) is 25.9 Å². The smallest absolute Gasteiger partial charge is 0.234 e. The highest BCUT2D eigenvalue weighted by Gasteiger charge is 2.27. The van der Waals surface area contributed by atoms with Crippen LogP contribution in [0.4, 0.5) is 0 Å². The van der Waals surface area contributed by atoms with Crippen molar-refractivity contribution in [3.8, 4) is 0 Å². The Bertz CT molecular complexity index is 581. The SMILES string of the molecule is CC(NC(=O)CN1CCCC1Cn1cccn1)c1cccs1. The van der Waals surface area contributed by atoms with Crippen LogP contribution in [-0.4, -0.2) is 39.7 Å². The van der Waals surface area contributed by atoms with Gasteiger partial charge >= 0.3 is 0 Å². The molecular formula is C16H22N4OS. The zero-order chi connectivity index (χ0) is 15.4. The summed E-state index contributed by atoms with van der Waals surface area (Å²) in [4.78, 5) is 15.8. The highest BCUT2D eigenvalue weighted by molar-refractivity contribution is 7.10. The molecule has 2 aromatic heterocycles. The second-order valence-electron chi connectivity index (χ2n) is 5.80. The van der Waals surface area contributed by atoms with Crippen molar-refractivity contribution in [2.75, 3.05) is 13.1 Å². The monoisotopic (exact) mass is 318 g/mol. The summed E-state index contributed by atoms with van der Waals surface area (Å²) in [6.07, 6.45) is 6.07. The summed E-state index contributed by atoms with van der Waals surface area (Å²) in [7, 11) is 0. The number of carbonyl (C=O) groups is 1. The van der Waals surface area contributed by atoms with Gasteiger partial charge in [-0.15, -0.1) is 11.3 Å². The average Bonchev–Trinajstić information content (AvgIpc) is 3.22. The van der Waals surface area contributed by atoms with Crippen LogP contribution in [0.3, 0.4) is 0 Å². The summed E-state index contributed by atoms with van der Waals surface area (Å²) in [5.41, 5.74) is 0. The van der Waals surface area contributed by atoms with Gasteiger partial charge in [0, 0.05) is 23.3 Å². The van der Waals surface area contributed by atoms with Crippen molar-refractivity contribution < 1.29 is 4.79 Å². The predicted octanol–water partition coefficient (Wildman–Crippen LogP) is 2.29. The Hall–Kier alpha value is -1.66. The van der Waals surface area contributed by atoms with Crippen molar-refractivity contribution in [1.29, 1.82) is 0 Å². The summed E-state index contributed by atoms with van der Waals surface area (Å²) in [6.45, 7) is 4.37. The molecule has 1 N–H and O–H groups in total. The van der Waals surface area contributed by atoms with Gasteiger partial charge in [0.25, 0.3) is 0 Å². The zero-order valence-electron chi connectivity index (χ0n) is 12.8. The van der Waals surface area contributed by atoms with Crippen LogP contribution >= 0.6 is 11.3 Å². The highest BCUT2D eigenvalue weighted by atomic mass is 32.1. The van der Waals surface area contributed by atoms with Crippen molar-refractivity contribution in [1.82, 2.24) is 20.0 Å². The first-order valence-electron chi connectivity index (χ1n) is 7.76. The van der Waals surface area contributed by atoms with Crippen molar-refractivity contribution in [2.24, 2.45) is 0 Å². The van der Waals surface area contributed by atoms with Gasteiger partial charge in [-0.25, -0.2) is 0 Å². The van der Waals surface area contributed by atoms with Crippen LogP contribution in [0.15, 0.2) is 36.0 Å². The van der Waals surface area contributed by atoms with Crippen LogP contribution in [0.5, 0.6) is 0 Å². The Morgan fingerprint density at radius 2 is 2.45 bits per heavy atom. The second-order valence-corrected chi connectivity index (χ2v) is 6.78. The van der Waals surface area contributed by atoms with Gasteiger partial charge in [-0.3, -0.25) is 14.4 Å². The molecule has 0 spiro atoms. The van der Waals surface area contributed by atoms with Gasteiger partial charge in [-0.2, -0.15) is 5.10 Å². The molecule has 0 saturated carbocycles. The number of hydrogen-bond acceptors (Lipinski definition) is 4. The van der Waals surface area contributed by atoms with Crippen LogP contribution in [0.2, 0.25) is 0 Å². The molecule has 1 fully saturated rings. The number of aromatic nitrogens is 2. The van der Waals surface area contributed by atoms with E-state index in [-0.39, 0.29) is 11.9 Å². The molecule has 3 rings (SSSR count). The molecule has 3 heterocycles. The van der Waals surface area contributed by atoms with Crippen LogP contribution in [0.25, 0.3) is 0 Å². The summed E-state index contributed by atoms with van der Waals surface area (Å²) in [6, 6.07) is 6.51. The van der Waals surface area contributed by atoms with E-state index in [4.69, 9.17) is 0 Å². The molecule has 0 aliphatic carbocycles. The summed E-state index contributed by atoms with van der Waals surface area (Å²) < 4.78 is 1.95. The maximum Gasteiger partial charge on any atom is 0.234 e. The molecule has 0 bridgehead atoms. The second kappa shape index (κ2) is 7.07. The minimum atomic E-state index is 0.0830. The Morgan fingerprint density at radius 1 is 1.55 bits per heavy atom. The standard InChI is InChI=1S/C16H22N4OS/c1-13(15-6-3-10-22-15)18-16(21)12-19-8-2-5-14(19)11-20-9-4-7-17-20/h3-4,6-7,9-10,13-14H,2,5,8,11-12H2,1H3,(H,18,21). The molecule has 1 aliphatic rings. The third-order valence-electron chi connectivity index (χ3n) is 4.15. The molecule has 5 nitrogen and oxygen atoms in total.